The third kappa shape index (κ3) is 2.87. The molecule has 1 heterocycles. The van der Waals surface area contributed by atoms with Crippen molar-refractivity contribution in [2.24, 2.45) is 0 Å². The Kier molecular flexibility index (Phi) is 3.75. The summed E-state index contributed by atoms with van der Waals surface area (Å²) in [5, 5.41) is 10.9. The van der Waals surface area contributed by atoms with Gasteiger partial charge in [0, 0.05) is 26.2 Å². The molecule has 6 nitrogen and oxygen atoms in total. The van der Waals surface area contributed by atoms with Gasteiger partial charge in [0.2, 0.25) is 0 Å². The molecule has 19 heavy (non-hydrogen) atoms. The van der Waals surface area contributed by atoms with Gasteiger partial charge >= 0.3 is 0 Å². The number of amides is 1. The summed E-state index contributed by atoms with van der Waals surface area (Å²) in [4.78, 5) is 26.0. The quantitative estimate of drug-likeness (QED) is 0.595. The molecule has 0 spiro atoms. The monoisotopic (exact) mass is 267 g/mol. The molecule has 0 bridgehead atoms. The first-order valence-corrected chi connectivity index (χ1v) is 5.91. The number of nitrogens with zero attached hydrogens (tertiary/aromatic N) is 3. The molecule has 2 rings (SSSR count). The fourth-order valence-electron chi connectivity index (χ4n) is 2.02. The summed E-state index contributed by atoms with van der Waals surface area (Å²) < 4.78 is 13.0. The molecule has 1 saturated heterocycles. The molecule has 1 aromatic rings. The number of carbonyl (C=O) groups is 1. The first kappa shape index (κ1) is 13.4. The number of benzene rings is 1. The number of halogens is 1. The Bertz CT molecular complexity index is 513. The average molecular weight is 267 g/mol. The van der Waals surface area contributed by atoms with Crippen molar-refractivity contribution < 1.29 is 14.1 Å². The highest BCUT2D eigenvalue weighted by atomic mass is 19.1. The topological polar surface area (TPSA) is 66.7 Å². The summed E-state index contributed by atoms with van der Waals surface area (Å²) >= 11 is 0. The number of nitro groups is 1. The van der Waals surface area contributed by atoms with E-state index >= 15 is 0 Å². The lowest BCUT2D eigenvalue weighted by atomic mass is 10.1. The number of likely N-dealkylation sites (N-methyl/N-ethyl adjacent to an activating group) is 1. The van der Waals surface area contributed by atoms with Crippen molar-refractivity contribution in [2.75, 3.05) is 33.2 Å². The number of piperazine rings is 1. The van der Waals surface area contributed by atoms with E-state index in [-0.39, 0.29) is 5.56 Å². The lowest BCUT2D eigenvalue weighted by Crippen LogP contribution is -2.47. The van der Waals surface area contributed by atoms with Crippen LogP contribution in [-0.4, -0.2) is 53.9 Å². The summed E-state index contributed by atoms with van der Waals surface area (Å²) in [6, 6.07) is 3.02. The van der Waals surface area contributed by atoms with Crippen LogP contribution in [-0.2, 0) is 0 Å². The third-order valence-corrected chi connectivity index (χ3v) is 3.18. The third-order valence-electron chi connectivity index (χ3n) is 3.18. The highest BCUT2D eigenvalue weighted by Crippen LogP contribution is 2.21. The van der Waals surface area contributed by atoms with Crippen LogP contribution in [0.5, 0.6) is 0 Å². The Morgan fingerprint density at radius 3 is 2.53 bits per heavy atom. The predicted octanol–water partition coefficient (Wildman–Crippen LogP) is 1.12. The lowest BCUT2D eigenvalue weighted by molar-refractivity contribution is -0.385. The predicted molar refractivity (Wildman–Crippen MR) is 66.5 cm³/mol. The number of hydrogen-bond acceptors (Lipinski definition) is 4. The normalized spacial score (nSPS) is 16.4. The van der Waals surface area contributed by atoms with Crippen LogP contribution in [0.15, 0.2) is 18.2 Å². The van der Waals surface area contributed by atoms with Gasteiger partial charge in [0.15, 0.2) is 0 Å². The average Bonchev–Trinajstić information content (AvgIpc) is 2.38. The van der Waals surface area contributed by atoms with Crippen molar-refractivity contribution in [2.45, 2.75) is 0 Å². The van der Waals surface area contributed by atoms with Crippen LogP contribution in [0.2, 0.25) is 0 Å². The Morgan fingerprint density at radius 2 is 1.95 bits per heavy atom. The lowest BCUT2D eigenvalue weighted by Gasteiger charge is -2.32. The van der Waals surface area contributed by atoms with Crippen LogP contribution >= 0.6 is 0 Å². The molecule has 1 aromatic carbocycles. The van der Waals surface area contributed by atoms with Gasteiger partial charge in [-0.05, 0) is 19.2 Å². The Hall–Kier alpha value is -2.02. The fraction of sp³-hybridized carbons (Fsp3) is 0.417. The van der Waals surface area contributed by atoms with Gasteiger partial charge in [0.25, 0.3) is 11.6 Å². The second-order valence-electron chi connectivity index (χ2n) is 4.51. The van der Waals surface area contributed by atoms with Crippen molar-refractivity contribution in [3.63, 3.8) is 0 Å². The van der Waals surface area contributed by atoms with E-state index in [0.29, 0.717) is 13.1 Å². The maximum atomic E-state index is 13.0. The molecule has 1 fully saturated rings. The minimum Gasteiger partial charge on any atom is -0.336 e. The largest absolute Gasteiger partial charge is 0.336 e. The summed E-state index contributed by atoms with van der Waals surface area (Å²) in [5.74, 6) is -1.14. The molecule has 1 aliphatic heterocycles. The molecule has 0 aromatic heterocycles. The van der Waals surface area contributed by atoms with Crippen molar-refractivity contribution in [1.29, 1.82) is 0 Å². The highest BCUT2D eigenvalue weighted by molar-refractivity contribution is 5.98. The zero-order valence-electron chi connectivity index (χ0n) is 10.5. The van der Waals surface area contributed by atoms with Crippen LogP contribution in [0, 0.1) is 15.9 Å². The van der Waals surface area contributed by atoms with E-state index in [1.165, 1.54) is 6.07 Å². The van der Waals surface area contributed by atoms with Gasteiger partial charge in [0.1, 0.15) is 11.4 Å². The van der Waals surface area contributed by atoms with Gasteiger partial charge in [-0.3, -0.25) is 14.9 Å². The Labute approximate surface area is 109 Å². The summed E-state index contributed by atoms with van der Waals surface area (Å²) in [7, 11) is 1.95. The summed E-state index contributed by atoms with van der Waals surface area (Å²) in [5.41, 5.74) is -0.542. The van der Waals surface area contributed by atoms with Crippen molar-refractivity contribution >= 4 is 11.6 Å². The number of carbonyl (C=O) groups excluding carboxylic acids is 1. The molecule has 102 valence electrons. The van der Waals surface area contributed by atoms with E-state index in [4.69, 9.17) is 0 Å². The highest BCUT2D eigenvalue weighted by Gasteiger charge is 2.27. The molecule has 0 saturated carbocycles. The molecule has 7 heteroatoms. The molecular formula is C12H14FN3O3. The molecule has 0 aliphatic carbocycles. The zero-order chi connectivity index (χ0) is 14.0. The smallest absolute Gasteiger partial charge is 0.285 e. The van der Waals surface area contributed by atoms with E-state index in [0.717, 1.165) is 25.2 Å². The molecule has 0 atom stereocenters. The van der Waals surface area contributed by atoms with Crippen molar-refractivity contribution in [1.82, 2.24) is 9.80 Å². The number of rotatable bonds is 2. The molecular weight excluding hydrogens is 253 g/mol. The molecule has 0 radical (unpaired) electrons. The van der Waals surface area contributed by atoms with Gasteiger partial charge in [-0.15, -0.1) is 0 Å². The number of hydrogen-bond donors (Lipinski definition) is 0. The van der Waals surface area contributed by atoms with Crippen LogP contribution in [0.4, 0.5) is 10.1 Å². The zero-order valence-corrected chi connectivity index (χ0v) is 10.5. The summed E-state index contributed by atoms with van der Waals surface area (Å²) in [6.45, 7) is 2.48. The van der Waals surface area contributed by atoms with Crippen LogP contribution < -0.4 is 0 Å². The maximum absolute atomic E-state index is 13.0. The van der Waals surface area contributed by atoms with E-state index in [1.54, 1.807) is 4.90 Å². The van der Waals surface area contributed by atoms with Crippen molar-refractivity contribution in [3.8, 4) is 0 Å². The molecule has 1 amide bonds. The van der Waals surface area contributed by atoms with Gasteiger partial charge in [-0.2, -0.15) is 0 Å². The van der Waals surface area contributed by atoms with Crippen LogP contribution in [0.3, 0.4) is 0 Å². The van der Waals surface area contributed by atoms with E-state index in [2.05, 4.69) is 4.90 Å². The minimum absolute atomic E-state index is 0.0593. The standard InChI is InChI=1S/C12H14FN3O3/c1-14-4-6-15(7-5-14)12(17)10-3-2-9(13)8-11(10)16(18)19/h2-3,8H,4-7H2,1H3. The Balaban J connectivity index is 2.26. The van der Waals surface area contributed by atoms with Gasteiger partial charge in [0.05, 0.1) is 11.0 Å². The van der Waals surface area contributed by atoms with Crippen LogP contribution in [0.1, 0.15) is 10.4 Å². The van der Waals surface area contributed by atoms with Crippen molar-refractivity contribution in [3.05, 3.63) is 39.7 Å². The first-order valence-electron chi connectivity index (χ1n) is 5.91. The fourth-order valence-corrected chi connectivity index (χ4v) is 2.02. The van der Waals surface area contributed by atoms with Gasteiger partial charge in [-0.1, -0.05) is 0 Å². The van der Waals surface area contributed by atoms with Gasteiger partial charge in [-0.25, -0.2) is 4.39 Å². The van der Waals surface area contributed by atoms with Gasteiger partial charge < -0.3 is 9.80 Å². The second-order valence-corrected chi connectivity index (χ2v) is 4.51. The SMILES string of the molecule is CN1CCN(C(=O)c2ccc(F)cc2[N+](=O)[O-])CC1. The first-order chi connectivity index (χ1) is 8.99. The maximum Gasteiger partial charge on any atom is 0.285 e. The Morgan fingerprint density at radius 1 is 1.32 bits per heavy atom. The summed E-state index contributed by atoms with van der Waals surface area (Å²) in [6.07, 6.45) is 0. The molecule has 1 aliphatic rings. The van der Waals surface area contributed by atoms with E-state index in [1.807, 2.05) is 7.05 Å². The van der Waals surface area contributed by atoms with Crippen LogP contribution in [0.25, 0.3) is 0 Å². The van der Waals surface area contributed by atoms with E-state index in [9.17, 15) is 19.3 Å². The van der Waals surface area contributed by atoms with E-state index < -0.39 is 22.3 Å². The second kappa shape index (κ2) is 5.31. The minimum atomic E-state index is -0.730. The molecule has 0 N–H and O–H groups in total. The molecule has 0 unspecified atom stereocenters. The number of nitro benzene ring substituents is 1.